The van der Waals surface area contributed by atoms with Crippen molar-refractivity contribution in [3.8, 4) is 33.8 Å². The van der Waals surface area contributed by atoms with Gasteiger partial charge in [-0.2, -0.15) is 0 Å². The molecule has 0 radical (unpaired) electrons. The van der Waals surface area contributed by atoms with Crippen molar-refractivity contribution in [3.05, 3.63) is 64.2 Å². The molecule has 9 heteroatoms. The van der Waals surface area contributed by atoms with Crippen LogP contribution in [0.3, 0.4) is 0 Å². The first-order chi connectivity index (χ1) is 19.2. The monoisotopic (exact) mass is 579 g/mol. The number of carboxylic acid groups (broad SMARTS) is 1. The maximum absolute atomic E-state index is 13.3. The van der Waals surface area contributed by atoms with Gasteiger partial charge in [-0.3, -0.25) is 4.31 Å². The number of ether oxygens (including phenoxy) is 3. The summed E-state index contributed by atoms with van der Waals surface area (Å²) in [6, 6.07) is 11.7. The summed E-state index contributed by atoms with van der Waals surface area (Å²) in [7, 11) is -3.76. The fourth-order valence-electron chi connectivity index (χ4n) is 5.79. The Kier molecular flexibility index (Phi) is 7.32. The Labute approximate surface area is 241 Å². The molecular formula is C32H37NO7S. The third-order valence-corrected chi connectivity index (χ3v) is 8.63. The lowest BCUT2D eigenvalue weighted by molar-refractivity contribution is -0.160. The first kappa shape index (κ1) is 29.0. The van der Waals surface area contributed by atoms with E-state index in [1.54, 1.807) is 6.92 Å². The van der Waals surface area contributed by atoms with E-state index in [4.69, 9.17) is 14.2 Å². The highest BCUT2D eigenvalue weighted by Gasteiger charge is 2.39. The molecule has 0 saturated heterocycles. The fourth-order valence-corrected chi connectivity index (χ4v) is 6.72. The molecule has 2 aliphatic rings. The Morgan fingerprint density at radius 2 is 1.59 bits per heavy atom. The first-order valence-corrected chi connectivity index (χ1v) is 15.6. The quantitative estimate of drug-likeness (QED) is 0.377. The summed E-state index contributed by atoms with van der Waals surface area (Å²) >= 11 is 0. The zero-order valence-electron chi connectivity index (χ0n) is 24.6. The number of rotatable bonds is 5. The van der Waals surface area contributed by atoms with Gasteiger partial charge >= 0.3 is 5.97 Å². The molecule has 2 aliphatic heterocycles. The van der Waals surface area contributed by atoms with E-state index >= 15 is 0 Å². The topological polar surface area (TPSA) is 102 Å². The van der Waals surface area contributed by atoms with Gasteiger partial charge in [0.2, 0.25) is 10.0 Å². The van der Waals surface area contributed by atoms with Crippen LogP contribution in [0.1, 0.15) is 61.1 Å². The third-order valence-electron chi connectivity index (χ3n) is 7.52. The molecule has 3 aromatic rings. The highest BCUT2D eigenvalue weighted by Crippen LogP contribution is 2.53. The minimum atomic E-state index is -3.76. The van der Waals surface area contributed by atoms with Crippen LogP contribution in [0, 0.1) is 20.8 Å². The van der Waals surface area contributed by atoms with Gasteiger partial charge in [-0.05, 0) is 87.1 Å². The molecule has 1 atom stereocenters. The van der Waals surface area contributed by atoms with Crippen molar-refractivity contribution in [3.63, 3.8) is 0 Å². The summed E-state index contributed by atoms with van der Waals surface area (Å²) in [5, 5.41) is 10.5. The second-order valence-electron chi connectivity index (χ2n) is 11.9. The van der Waals surface area contributed by atoms with Crippen LogP contribution in [0.25, 0.3) is 22.3 Å². The molecule has 0 spiro atoms. The lowest BCUT2D eigenvalue weighted by Crippen LogP contribution is -2.34. The smallest absolute Gasteiger partial charge is 0.337 e. The largest absolute Gasteiger partial charge is 0.490 e. The highest BCUT2D eigenvalue weighted by molar-refractivity contribution is 7.92. The molecule has 0 fully saturated rings. The average molecular weight is 580 g/mol. The Balaban J connectivity index is 1.92. The summed E-state index contributed by atoms with van der Waals surface area (Å²) < 4.78 is 46.1. The maximum atomic E-state index is 13.3. The van der Waals surface area contributed by atoms with Crippen molar-refractivity contribution in [2.45, 2.75) is 66.2 Å². The molecule has 0 aliphatic carbocycles. The van der Waals surface area contributed by atoms with Gasteiger partial charge in [0, 0.05) is 17.5 Å². The van der Waals surface area contributed by atoms with Crippen molar-refractivity contribution in [2.24, 2.45) is 0 Å². The predicted molar refractivity (Wildman–Crippen MR) is 159 cm³/mol. The minimum Gasteiger partial charge on any atom is -0.490 e. The molecule has 8 nitrogen and oxygen atoms in total. The minimum absolute atomic E-state index is 0.0826. The number of anilines is 1. The van der Waals surface area contributed by atoms with Crippen LogP contribution in [-0.2, 0) is 26.1 Å². The number of aliphatic carboxylic acids is 1. The highest BCUT2D eigenvalue weighted by atomic mass is 32.2. The number of hydrogen-bond acceptors (Lipinski definition) is 6. The number of aryl methyl sites for hydroxylation is 1. The van der Waals surface area contributed by atoms with Crippen molar-refractivity contribution < 1.29 is 32.5 Å². The van der Waals surface area contributed by atoms with E-state index in [-0.39, 0.29) is 6.54 Å². The van der Waals surface area contributed by atoms with Crippen molar-refractivity contribution in [2.75, 3.05) is 23.8 Å². The summed E-state index contributed by atoms with van der Waals surface area (Å²) in [6.07, 6.45) is 0.587. The number of hydrogen-bond donors (Lipinski definition) is 1. The Morgan fingerprint density at radius 1 is 0.976 bits per heavy atom. The second kappa shape index (κ2) is 10.4. The van der Waals surface area contributed by atoms with Crippen LogP contribution in [0.2, 0.25) is 0 Å². The molecule has 2 heterocycles. The van der Waals surface area contributed by atoms with Gasteiger partial charge in [-0.25, -0.2) is 13.2 Å². The molecule has 5 rings (SSSR count). The third kappa shape index (κ3) is 5.40. The van der Waals surface area contributed by atoms with Crippen LogP contribution < -0.4 is 13.8 Å². The number of fused-ring (bicyclic) bond motifs is 4. The summed E-state index contributed by atoms with van der Waals surface area (Å²) in [5.41, 5.74) is 6.39. The average Bonchev–Trinajstić information content (AvgIpc) is 3.11. The maximum Gasteiger partial charge on any atom is 0.337 e. The molecule has 0 unspecified atom stereocenters. The van der Waals surface area contributed by atoms with Crippen molar-refractivity contribution >= 4 is 21.7 Å². The van der Waals surface area contributed by atoms with E-state index in [0.29, 0.717) is 47.1 Å². The lowest BCUT2D eigenvalue weighted by Gasteiger charge is -2.37. The zero-order valence-corrected chi connectivity index (χ0v) is 25.4. The SMILES string of the molecule is Cc1ccc(-c2c(C)c3c(c(C)c2[C@H](OC(C)(C)C)C(=O)O)N(S(C)(=O)=O)Cc2cc4c(cc2-3)OCCCO4)cc1. The molecule has 0 amide bonds. The van der Waals surface area contributed by atoms with Crippen molar-refractivity contribution in [1.82, 2.24) is 0 Å². The summed E-state index contributed by atoms with van der Waals surface area (Å²) in [4.78, 5) is 12.8. The van der Waals surface area contributed by atoms with E-state index in [1.807, 2.05) is 71.0 Å². The van der Waals surface area contributed by atoms with Crippen molar-refractivity contribution in [1.29, 1.82) is 0 Å². The van der Waals surface area contributed by atoms with E-state index in [2.05, 4.69) is 0 Å². The Bertz CT molecular complexity index is 1640. The van der Waals surface area contributed by atoms with Gasteiger partial charge in [-0.15, -0.1) is 0 Å². The number of carbonyl (C=O) groups is 1. The summed E-state index contributed by atoms with van der Waals surface area (Å²) in [6.45, 7) is 12.2. The van der Waals surface area contributed by atoms with Gasteiger partial charge < -0.3 is 19.3 Å². The van der Waals surface area contributed by atoms with Crippen LogP contribution in [0.5, 0.6) is 11.5 Å². The normalized spacial score (nSPS) is 15.5. The van der Waals surface area contributed by atoms with Gasteiger partial charge in [-0.1, -0.05) is 29.8 Å². The van der Waals surface area contributed by atoms with Gasteiger partial charge in [0.25, 0.3) is 0 Å². The fraction of sp³-hybridized carbons (Fsp3) is 0.406. The number of carboxylic acids is 1. The number of benzene rings is 3. The lowest BCUT2D eigenvalue weighted by atomic mass is 9.80. The van der Waals surface area contributed by atoms with Gasteiger partial charge in [0.05, 0.1) is 37.3 Å². The molecule has 1 N–H and O–H groups in total. The predicted octanol–water partition coefficient (Wildman–Crippen LogP) is 6.33. The number of nitrogens with zero attached hydrogens (tertiary/aromatic N) is 1. The second-order valence-corrected chi connectivity index (χ2v) is 13.8. The van der Waals surface area contributed by atoms with E-state index in [1.165, 1.54) is 10.6 Å². The van der Waals surface area contributed by atoms with Crippen LogP contribution in [0.4, 0.5) is 5.69 Å². The standard InChI is InChI=1S/C32H37NO7S/c1-18-9-11-21(12-10-18)26-19(2)27-23-16-25-24(38-13-8-14-39-25)15-22(23)17-33(41(7,36)37)29(27)20(3)28(26)30(31(34)35)40-32(4,5)6/h9-12,15-16,30H,8,13-14,17H2,1-7H3,(H,34,35)/t30-/m0/s1. The number of sulfonamides is 1. The van der Waals surface area contributed by atoms with E-state index in [9.17, 15) is 18.3 Å². The molecule has 218 valence electrons. The van der Waals surface area contributed by atoms with Gasteiger partial charge in [0.15, 0.2) is 17.6 Å². The Morgan fingerprint density at radius 3 is 2.15 bits per heavy atom. The Hall–Kier alpha value is -3.56. The molecule has 41 heavy (non-hydrogen) atoms. The molecule has 0 aromatic heterocycles. The first-order valence-electron chi connectivity index (χ1n) is 13.7. The molecule has 0 bridgehead atoms. The molecular weight excluding hydrogens is 542 g/mol. The van der Waals surface area contributed by atoms with Crippen LogP contribution >= 0.6 is 0 Å². The zero-order chi connectivity index (χ0) is 29.9. The van der Waals surface area contributed by atoms with Crippen LogP contribution in [-0.4, -0.2) is 44.6 Å². The van der Waals surface area contributed by atoms with E-state index in [0.717, 1.165) is 39.8 Å². The molecule has 3 aromatic carbocycles. The van der Waals surface area contributed by atoms with E-state index < -0.39 is 27.7 Å². The van der Waals surface area contributed by atoms with Crippen LogP contribution in [0.15, 0.2) is 36.4 Å². The van der Waals surface area contributed by atoms with Gasteiger partial charge in [0.1, 0.15) is 0 Å². The molecule has 0 saturated carbocycles. The summed E-state index contributed by atoms with van der Waals surface area (Å²) in [5.74, 6) is 0.0543.